The fourth-order valence-corrected chi connectivity index (χ4v) is 4.51. The Morgan fingerprint density at radius 2 is 1.84 bits per heavy atom. The van der Waals surface area contributed by atoms with Gasteiger partial charge in [-0.1, -0.05) is 11.6 Å². The number of ether oxygens (including phenoxy) is 2. The molecule has 1 aromatic rings. The van der Waals surface area contributed by atoms with Gasteiger partial charge in [0.15, 0.2) is 11.5 Å². The van der Waals surface area contributed by atoms with Gasteiger partial charge in [-0.05, 0) is 62.9 Å². The van der Waals surface area contributed by atoms with Gasteiger partial charge in [0.05, 0.1) is 0 Å². The van der Waals surface area contributed by atoms with Crippen molar-refractivity contribution in [3.63, 3.8) is 0 Å². The lowest BCUT2D eigenvalue weighted by Crippen LogP contribution is -2.50. The number of hydrogen-bond acceptors (Lipinski definition) is 5. The fraction of sp³-hybridized carbons (Fsp3) is 0.684. The van der Waals surface area contributed by atoms with Gasteiger partial charge < -0.3 is 14.6 Å². The first-order valence-electron chi connectivity index (χ1n) is 9.38. The number of nitrogens with zero attached hydrogens (tertiary/aromatic N) is 2. The Labute approximate surface area is 154 Å². The summed E-state index contributed by atoms with van der Waals surface area (Å²) in [6, 6.07) is 4.53. The molecule has 6 heteroatoms. The summed E-state index contributed by atoms with van der Waals surface area (Å²) in [4.78, 5) is 5.13. The topological polar surface area (TPSA) is 45.2 Å². The highest BCUT2D eigenvalue weighted by Crippen LogP contribution is 2.37. The van der Waals surface area contributed by atoms with Gasteiger partial charge in [-0.2, -0.15) is 0 Å². The van der Waals surface area contributed by atoms with E-state index in [-0.39, 0.29) is 6.79 Å². The number of piperidine rings is 2. The molecule has 3 aliphatic rings. The van der Waals surface area contributed by atoms with Crippen molar-refractivity contribution in [2.24, 2.45) is 5.92 Å². The highest BCUT2D eigenvalue weighted by molar-refractivity contribution is 6.31. The van der Waals surface area contributed by atoms with Crippen LogP contribution in [0.2, 0.25) is 5.02 Å². The molecule has 1 aromatic carbocycles. The zero-order chi connectivity index (χ0) is 17.2. The van der Waals surface area contributed by atoms with Crippen LogP contribution in [-0.4, -0.2) is 60.5 Å². The average Bonchev–Trinajstić information content (AvgIpc) is 3.09. The fourth-order valence-electron chi connectivity index (χ4n) is 4.29. The standard InChI is InChI=1S/C19H27ClN2O3/c20-17-9-19-18(24-13-25-19)8-15(17)10-21-5-1-2-16(11-21)22-6-3-14(12-23)4-7-22/h8-9,14,16,23H,1-7,10-13H2. The molecule has 4 rings (SSSR count). The van der Waals surface area contributed by atoms with Crippen molar-refractivity contribution in [2.75, 3.05) is 39.6 Å². The van der Waals surface area contributed by atoms with Crippen LogP contribution in [0.15, 0.2) is 12.1 Å². The zero-order valence-electron chi connectivity index (χ0n) is 14.6. The second-order valence-corrected chi connectivity index (χ2v) is 7.90. The number of aliphatic hydroxyl groups is 1. The summed E-state index contributed by atoms with van der Waals surface area (Å²) in [5, 5.41) is 10.1. The molecule has 1 unspecified atom stereocenters. The maximum atomic E-state index is 9.33. The van der Waals surface area contributed by atoms with Crippen LogP contribution in [0, 0.1) is 5.92 Å². The maximum absolute atomic E-state index is 9.33. The molecule has 3 heterocycles. The summed E-state index contributed by atoms with van der Waals surface area (Å²) in [7, 11) is 0. The Balaban J connectivity index is 1.37. The normalized spacial score (nSPS) is 25.4. The maximum Gasteiger partial charge on any atom is 0.231 e. The summed E-state index contributed by atoms with van der Waals surface area (Å²) >= 11 is 6.45. The molecule has 3 aliphatic heterocycles. The molecule has 2 saturated heterocycles. The van der Waals surface area contributed by atoms with E-state index in [2.05, 4.69) is 9.80 Å². The first-order chi connectivity index (χ1) is 12.2. The van der Waals surface area contributed by atoms with Crippen molar-refractivity contribution in [3.8, 4) is 11.5 Å². The molecule has 0 aromatic heterocycles. The molecule has 0 saturated carbocycles. The van der Waals surface area contributed by atoms with Gasteiger partial charge in [-0.15, -0.1) is 0 Å². The van der Waals surface area contributed by atoms with Crippen molar-refractivity contribution in [1.29, 1.82) is 0 Å². The Hall–Kier alpha value is -1.01. The van der Waals surface area contributed by atoms with Crippen LogP contribution in [-0.2, 0) is 6.54 Å². The number of fused-ring (bicyclic) bond motifs is 1. The molecular formula is C19H27ClN2O3. The zero-order valence-corrected chi connectivity index (χ0v) is 15.4. The number of likely N-dealkylation sites (tertiary alicyclic amines) is 2. The van der Waals surface area contributed by atoms with E-state index in [0.29, 0.717) is 18.6 Å². The second kappa shape index (κ2) is 7.70. The molecule has 0 spiro atoms. The molecule has 2 fully saturated rings. The molecule has 1 N–H and O–H groups in total. The van der Waals surface area contributed by atoms with E-state index in [4.69, 9.17) is 21.1 Å². The minimum absolute atomic E-state index is 0.282. The summed E-state index contributed by atoms with van der Waals surface area (Å²) in [5.41, 5.74) is 1.12. The van der Waals surface area contributed by atoms with Gasteiger partial charge >= 0.3 is 0 Å². The van der Waals surface area contributed by atoms with Gasteiger partial charge in [0, 0.05) is 36.8 Å². The van der Waals surface area contributed by atoms with Crippen LogP contribution in [0.5, 0.6) is 11.5 Å². The number of aliphatic hydroxyl groups excluding tert-OH is 1. The Kier molecular flexibility index (Phi) is 5.36. The Morgan fingerprint density at radius 1 is 1.08 bits per heavy atom. The lowest BCUT2D eigenvalue weighted by molar-refractivity contribution is 0.0544. The minimum Gasteiger partial charge on any atom is -0.454 e. The number of hydrogen-bond donors (Lipinski definition) is 1. The monoisotopic (exact) mass is 366 g/mol. The first kappa shape index (κ1) is 17.4. The van der Waals surface area contributed by atoms with Gasteiger partial charge in [0.25, 0.3) is 0 Å². The van der Waals surface area contributed by atoms with Crippen LogP contribution in [0.4, 0.5) is 0 Å². The van der Waals surface area contributed by atoms with Gasteiger partial charge in [0.1, 0.15) is 0 Å². The van der Waals surface area contributed by atoms with Crippen LogP contribution in [0.3, 0.4) is 0 Å². The summed E-state index contributed by atoms with van der Waals surface area (Å²) in [6.45, 7) is 5.93. The number of rotatable bonds is 4. The van der Waals surface area contributed by atoms with Crippen molar-refractivity contribution in [1.82, 2.24) is 9.80 Å². The molecule has 0 bridgehead atoms. The number of benzene rings is 1. The smallest absolute Gasteiger partial charge is 0.231 e. The third-order valence-corrected chi connectivity index (χ3v) is 6.19. The van der Waals surface area contributed by atoms with E-state index < -0.39 is 0 Å². The lowest BCUT2D eigenvalue weighted by atomic mass is 9.94. The average molecular weight is 367 g/mol. The van der Waals surface area contributed by atoms with Gasteiger partial charge in [0.2, 0.25) is 6.79 Å². The Bertz CT molecular complexity index is 605. The van der Waals surface area contributed by atoms with Crippen LogP contribution >= 0.6 is 11.6 Å². The first-order valence-corrected chi connectivity index (χ1v) is 9.76. The molecular weight excluding hydrogens is 340 g/mol. The van der Waals surface area contributed by atoms with Crippen molar-refractivity contribution in [3.05, 3.63) is 22.7 Å². The van der Waals surface area contributed by atoms with Crippen molar-refractivity contribution >= 4 is 11.6 Å². The number of halogens is 1. The Morgan fingerprint density at radius 3 is 2.60 bits per heavy atom. The van der Waals surface area contributed by atoms with Crippen molar-refractivity contribution in [2.45, 2.75) is 38.3 Å². The van der Waals surface area contributed by atoms with E-state index in [1.807, 2.05) is 12.1 Å². The second-order valence-electron chi connectivity index (χ2n) is 7.49. The predicted molar refractivity (Wildman–Crippen MR) is 97.3 cm³/mol. The highest BCUT2D eigenvalue weighted by atomic mass is 35.5. The molecule has 0 aliphatic carbocycles. The molecule has 25 heavy (non-hydrogen) atoms. The highest BCUT2D eigenvalue weighted by Gasteiger charge is 2.29. The SMILES string of the molecule is OCC1CCN(C2CCCN(Cc3cc4c(cc3Cl)OCO4)C2)CC1. The van der Waals surface area contributed by atoms with Crippen LogP contribution < -0.4 is 9.47 Å². The third-order valence-electron chi connectivity index (χ3n) is 5.84. The van der Waals surface area contributed by atoms with E-state index in [1.54, 1.807) is 0 Å². The summed E-state index contributed by atoms with van der Waals surface area (Å²) in [5.74, 6) is 2.06. The van der Waals surface area contributed by atoms with Gasteiger partial charge in [-0.25, -0.2) is 0 Å². The largest absolute Gasteiger partial charge is 0.454 e. The van der Waals surface area contributed by atoms with Crippen molar-refractivity contribution < 1.29 is 14.6 Å². The predicted octanol–water partition coefficient (Wildman–Crippen LogP) is 2.74. The van der Waals surface area contributed by atoms with Crippen LogP contribution in [0.25, 0.3) is 0 Å². The molecule has 0 amide bonds. The quantitative estimate of drug-likeness (QED) is 0.887. The molecule has 1 atom stereocenters. The van der Waals surface area contributed by atoms with Gasteiger partial charge in [-0.3, -0.25) is 9.80 Å². The van der Waals surface area contributed by atoms with E-state index in [1.165, 1.54) is 12.8 Å². The molecule has 138 valence electrons. The van der Waals surface area contributed by atoms with E-state index in [9.17, 15) is 5.11 Å². The van der Waals surface area contributed by atoms with E-state index in [0.717, 1.165) is 67.7 Å². The van der Waals surface area contributed by atoms with E-state index >= 15 is 0 Å². The van der Waals surface area contributed by atoms with Crippen LogP contribution in [0.1, 0.15) is 31.2 Å². The summed E-state index contributed by atoms with van der Waals surface area (Å²) < 4.78 is 10.9. The summed E-state index contributed by atoms with van der Waals surface area (Å²) in [6.07, 6.45) is 4.75. The minimum atomic E-state index is 0.282. The third kappa shape index (κ3) is 3.90. The lowest BCUT2D eigenvalue weighted by Gasteiger charge is -2.42. The molecule has 0 radical (unpaired) electrons. The molecule has 5 nitrogen and oxygen atoms in total.